The number of phenols is 2. The number of phenolic OH excluding ortho intramolecular Hbond substituents is 2. The predicted molar refractivity (Wildman–Crippen MR) is 138 cm³/mol. The molecular formula is C29H35NO4. The zero-order valence-corrected chi connectivity index (χ0v) is 20.1. The standard InChI is InChI=1S/C29H35NO4/c1-30-16-8-6-4-3-5-7-9-27(32)26(17-21-10-15-28(33)29(18-21)34-2)23-12-11-22-13-14-25(31)20-24(22)19-23/h7,9-15,18-20,26,30-31,33H,3-6,8,16-17H2,1-2H3/b9-7+/t26-/m1/s1. The second-order valence-electron chi connectivity index (χ2n) is 8.66. The normalized spacial score (nSPS) is 12.3. The molecule has 0 unspecified atom stereocenters. The van der Waals surface area contributed by atoms with E-state index in [1.165, 1.54) is 20.0 Å². The summed E-state index contributed by atoms with van der Waals surface area (Å²) in [7, 11) is 3.48. The summed E-state index contributed by atoms with van der Waals surface area (Å²) in [6.07, 6.45) is 9.66. The van der Waals surface area contributed by atoms with Gasteiger partial charge in [-0.2, -0.15) is 0 Å². The van der Waals surface area contributed by atoms with Crippen LogP contribution in [-0.2, 0) is 11.2 Å². The SMILES string of the molecule is CNCCCCCC/C=C/C(=O)[C@H](Cc1ccc(O)c(OC)c1)c1ccc2ccc(O)cc2c1. The number of rotatable bonds is 13. The summed E-state index contributed by atoms with van der Waals surface area (Å²) in [6.45, 7) is 1.04. The van der Waals surface area contributed by atoms with Gasteiger partial charge in [0.2, 0.25) is 0 Å². The Labute approximate surface area is 202 Å². The molecule has 0 radical (unpaired) electrons. The van der Waals surface area contributed by atoms with Gasteiger partial charge in [-0.1, -0.05) is 49.2 Å². The number of ether oxygens (including phenoxy) is 1. The third kappa shape index (κ3) is 7.09. The van der Waals surface area contributed by atoms with Crippen molar-refractivity contribution in [1.82, 2.24) is 5.32 Å². The Balaban J connectivity index is 1.79. The van der Waals surface area contributed by atoms with Crippen LogP contribution >= 0.6 is 0 Å². The average molecular weight is 462 g/mol. The molecule has 3 aromatic carbocycles. The fourth-order valence-electron chi connectivity index (χ4n) is 4.17. The van der Waals surface area contributed by atoms with E-state index < -0.39 is 0 Å². The third-order valence-electron chi connectivity index (χ3n) is 6.11. The lowest BCUT2D eigenvalue weighted by Crippen LogP contribution is -2.13. The van der Waals surface area contributed by atoms with Crippen LogP contribution in [0.1, 0.15) is 49.1 Å². The Bertz CT molecular complexity index is 1120. The average Bonchev–Trinajstić information content (AvgIpc) is 2.84. The van der Waals surface area contributed by atoms with Crippen molar-refractivity contribution in [2.75, 3.05) is 20.7 Å². The van der Waals surface area contributed by atoms with Crippen LogP contribution in [0.4, 0.5) is 0 Å². The van der Waals surface area contributed by atoms with Crippen LogP contribution in [0.3, 0.4) is 0 Å². The van der Waals surface area contributed by atoms with E-state index >= 15 is 0 Å². The van der Waals surface area contributed by atoms with Gasteiger partial charge >= 0.3 is 0 Å². The maximum atomic E-state index is 13.3. The first kappa shape index (κ1) is 25.3. The van der Waals surface area contributed by atoms with Crippen LogP contribution in [0.2, 0.25) is 0 Å². The molecule has 0 fully saturated rings. The summed E-state index contributed by atoms with van der Waals surface area (Å²) in [5, 5.41) is 24.9. The van der Waals surface area contributed by atoms with E-state index in [0.29, 0.717) is 12.2 Å². The van der Waals surface area contributed by atoms with E-state index in [0.717, 1.165) is 47.7 Å². The van der Waals surface area contributed by atoms with Crippen molar-refractivity contribution < 1.29 is 19.7 Å². The Hall–Kier alpha value is -3.31. The summed E-state index contributed by atoms with van der Waals surface area (Å²) >= 11 is 0. The van der Waals surface area contributed by atoms with Crippen molar-refractivity contribution in [3.8, 4) is 17.2 Å². The van der Waals surface area contributed by atoms with E-state index in [-0.39, 0.29) is 23.2 Å². The Morgan fingerprint density at radius 2 is 1.76 bits per heavy atom. The van der Waals surface area contributed by atoms with Crippen LogP contribution < -0.4 is 10.1 Å². The lowest BCUT2D eigenvalue weighted by molar-refractivity contribution is -0.116. The van der Waals surface area contributed by atoms with Crippen LogP contribution in [0.25, 0.3) is 10.8 Å². The molecule has 0 aliphatic carbocycles. The molecule has 180 valence electrons. The number of ketones is 1. The number of carbonyl (C=O) groups excluding carboxylic acids is 1. The molecule has 0 spiro atoms. The summed E-state index contributed by atoms with van der Waals surface area (Å²) in [4.78, 5) is 13.3. The highest BCUT2D eigenvalue weighted by molar-refractivity contribution is 5.96. The van der Waals surface area contributed by atoms with Gasteiger partial charge in [-0.15, -0.1) is 0 Å². The van der Waals surface area contributed by atoms with Crippen LogP contribution in [0, 0.1) is 0 Å². The number of carbonyl (C=O) groups is 1. The molecule has 0 amide bonds. The summed E-state index contributed by atoms with van der Waals surface area (Å²) < 4.78 is 5.25. The number of hydrogen-bond donors (Lipinski definition) is 3. The minimum absolute atomic E-state index is 0.0433. The summed E-state index contributed by atoms with van der Waals surface area (Å²) in [6, 6.07) is 16.4. The smallest absolute Gasteiger partial charge is 0.163 e. The van der Waals surface area contributed by atoms with Crippen molar-refractivity contribution in [3.63, 3.8) is 0 Å². The zero-order chi connectivity index (χ0) is 24.3. The van der Waals surface area contributed by atoms with Gasteiger partial charge in [-0.25, -0.2) is 0 Å². The van der Waals surface area contributed by atoms with Crippen molar-refractivity contribution in [3.05, 3.63) is 77.9 Å². The van der Waals surface area contributed by atoms with Crippen LogP contribution in [-0.4, -0.2) is 36.7 Å². The molecule has 5 heteroatoms. The highest BCUT2D eigenvalue weighted by Gasteiger charge is 2.20. The number of nitrogens with one attached hydrogen (secondary N) is 1. The van der Waals surface area contributed by atoms with E-state index in [9.17, 15) is 15.0 Å². The molecular weight excluding hydrogens is 426 g/mol. The van der Waals surface area contributed by atoms with E-state index in [2.05, 4.69) is 5.32 Å². The second-order valence-corrected chi connectivity index (χ2v) is 8.66. The molecule has 0 aromatic heterocycles. The van der Waals surface area contributed by atoms with E-state index in [1.54, 1.807) is 30.3 Å². The van der Waals surface area contributed by atoms with Crippen molar-refractivity contribution >= 4 is 16.6 Å². The number of methoxy groups -OCH3 is 1. The van der Waals surface area contributed by atoms with Gasteiger partial charge in [-0.05, 0) is 91.5 Å². The van der Waals surface area contributed by atoms with Gasteiger partial charge in [0.15, 0.2) is 17.3 Å². The number of benzene rings is 3. The summed E-state index contributed by atoms with van der Waals surface area (Å²) in [5.41, 5.74) is 1.80. The quantitative estimate of drug-likeness (QED) is 0.219. The first-order valence-electron chi connectivity index (χ1n) is 12.0. The molecule has 0 aliphatic rings. The highest BCUT2D eigenvalue weighted by atomic mass is 16.5. The number of allylic oxidation sites excluding steroid dienone is 2. The predicted octanol–water partition coefficient (Wildman–Crippen LogP) is 5.88. The largest absolute Gasteiger partial charge is 0.508 e. The second kappa shape index (κ2) is 12.8. The minimum Gasteiger partial charge on any atom is -0.508 e. The molecule has 0 bridgehead atoms. The molecule has 1 atom stereocenters. The van der Waals surface area contributed by atoms with Gasteiger partial charge in [0.25, 0.3) is 0 Å². The Morgan fingerprint density at radius 3 is 2.56 bits per heavy atom. The van der Waals surface area contributed by atoms with Gasteiger partial charge < -0.3 is 20.3 Å². The molecule has 0 aliphatic heterocycles. The summed E-state index contributed by atoms with van der Waals surface area (Å²) in [5.74, 6) is 0.325. The van der Waals surface area contributed by atoms with Crippen LogP contribution in [0.15, 0.2) is 66.7 Å². The maximum absolute atomic E-state index is 13.3. The Morgan fingerprint density at radius 1 is 0.971 bits per heavy atom. The van der Waals surface area contributed by atoms with Gasteiger partial charge in [0.05, 0.1) is 13.0 Å². The van der Waals surface area contributed by atoms with Gasteiger partial charge in [-0.3, -0.25) is 4.79 Å². The fourth-order valence-corrected chi connectivity index (χ4v) is 4.17. The molecule has 0 heterocycles. The lowest BCUT2D eigenvalue weighted by atomic mass is 9.87. The minimum atomic E-state index is -0.382. The van der Waals surface area contributed by atoms with Crippen molar-refractivity contribution in [2.24, 2.45) is 0 Å². The zero-order valence-electron chi connectivity index (χ0n) is 20.1. The van der Waals surface area contributed by atoms with E-state index in [1.807, 2.05) is 43.5 Å². The molecule has 0 saturated heterocycles. The molecule has 0 saturated carbocycles. The molecule has 3 rings (SSSR count). The monoisotopic (exact) mass is 461 g/mol. The van der Waals surface area contributed by atoms with E-state index in [4.69, 9.17) is 4.74 Å². The maximum Gasteiger partial charge on any atom is 0.163 e. The molecule has 5 nitrogen and oxygen atoms in total. The molecule has 3 N–H and O–H groups in total. The Kier molecular flexibility index (Phi) is 9.53. The molecule has 34 heavy (non-hydrogen) atoms. The number of unbranched alkanes of at least 4 members (excludes halogenated alkanes) is 4. The van der Waals surface area contributed by atoms with Gasteiger partial charge in [0.1, 0.15) is 5.75 Å². The number of aromatic hydroxyl groups is 2. The highest BCUT2D eigenvalue weighted by Crippen LogP contribution is 2.31. The van der Waals surface area contributed by atoms with Crippen molar-refractivity contribution in [2.45, 2.75) is 44.4 Å². The first-order chi connectivity index (χ1) is 16.5. The van der Waals surface area contributed by atoms with Gasteiger partial charge in [0, 0.05) is 0 Å². The number of fused-ring (bicyclic) bond motifs is 1. The van der Waals surface area contributed by atoms with Crippen molar-refractivity contribution in [1.29, 1.82) is 0 Å². The van der Waals surface area contributed by atoms with Crippen LogP contribution in [0.5, 0.6) is 17.2 Å². The molecule has 3 aromatic rings. The third-order valence-corrected chi connectivity index (χ3v) is 6.11. The number of hydrogen-bond acceptors (Lipinski definition) is 5. The fraction of sp³-hybridized carbons (Fsp3) is 0.345. The topological polar surface area (TPSA) is 78.8 Å². The lowest BCUT2D eigenvalue weighted by Gasteiger charge is -2.17. The first-order valence-corrected chi connectivity index (χ1v) is 12.0.